The number of aromatic nitrogens is 1. The van der Waals surface area contributed by atoms with Gasteiger partial charge in [-0.3, -0.25) is 14.2 Å². The zero-order chi connectivity index (χ0) is 17.0. The van der Waals surface area contributed by atoms with E-state index in [0.29, 0.717) is 27.2 Å². The highest BCUT2D eigenvalue weighted by atomic mass is 35.5. The number of nitrogens with one attached hydrogen (secondary N) is 1. The van der Waals surface area contributed by atoms with Gasteiger partial charge in [-0.05, 0) is 24.6 Å². The number of hydrogen-bond donors (Lipinski definition) is 1. The molecule has 1 amide bonds. The monoisotopic (exact) mass is 369 g/mol. The zero-order valence-electron chi connectivity index (χ0n) is 12.2. The fourth-order valence-electron chi connectivity index (χ4n) is 2.00. The normalized spacial score (nSPS) is 10.3. The van der Waals surface area contributed by atoms with Crippen molar-refractivity contribution in [1.82, 2.24) is 9.88 Å². The average Bonchev–Trinajstić information content (AvgIpc) is 2.79. The first-order valence-electron chi connectivity index (χ1n) is 6.73. The Hall–Kier alpha value is -1.81. The van der Waals surface area contributed by atoms with Crippen LogP contribution in [-0.4, -0.2) is 17.0 Å². The molecule has 1 aromatic carbocycles. The standard InChI is InChI=1S/C15H13Cl2N3O2S/c1-9-13(14(21)19-6-2-5-18)23-15(22)20(9)8-10-3-4-11(16)12(17)7-10/h3-4,7H,2,6,8H2,1H3,(H,19,21). The molecule has 0 radical (unpaired) electrons. The van der Waals surface area contributed by atoms with Gasteiger partial charge in [0.15, 0.2) is 0 Å². The van der Waals surface area contributed by atoms with E-state index in [9.17, 15) is 9.59 Å². The van der Waals surface area contributed by atoms with E-state index in [4.69, 9.17) is 28.5 Å². The molecule has 0 saturated heterocycles. The van der Waals surface area contributed by atoms with Crippen molar-refractivity contribution in [3.8, 4) is 6.07 Å². The Morgan fingerprint density at radius 3 is 2.78 bits per heavy atom. The van der Waals surface area contributed by atoms with Crippen LogP contribution in [-0.2, 0) is 6.54 Å². The van der Waals surface area contributed by atoms with Crippen LogP contribution in [0, 0.1) is 18.3 Å². The quantitative estimate of drug-likeness (QED) is 0.822. The molecular weight excluding hydrogens is 357 g/mol. The number of amides is 1. The first-order chi connectivity index (χ1) is 10.9. The molecule has 1 N–H and O–H groups in total. The average molecular weight is 370 g/mol. The van der Waals surface area contributed by atoms with Crippen LogP contribution in [0.3, 0.4) is 0 Å². The molecule has 8 heteroatoms. The summed E-state index contributed by atoms with van der Waals surface area (Å²) in [5.74, 6) is -0.340. The maximum absolute atomic E-state index is 12.1. The highest BCUT2D eigenvalue weighted by Crippen LogP contribution is 2.23. The van der Waals surface area contributed by atoms with E-state index in [0.717, 1.165) is 16.9 Å². The van der Waals surface area contributed by atoms with Gasteiger partial charge >= 0.3 is 4.87 Å². The summed E-state index contributed by atoms with van der Waals surface area (Å²) in [4.78, 5) is 24.3. The summed E-state index contributed by atoms with van der Waals surface area (Å²) >= 11 is 12.7. The lowest BCUT2D eigenvalue weighted by molar-refractivity contribution is 0.0957. The summed E-state index contributed by atoms with van der Waals surface area (Å²) in [5, 5.41) is 12.0. The van der Waals surface area contributed by atoms with Crippen LogP contribution in [0.15, 0.2) is 23.0 Å². The molecule has 1 heterocycles. The van der Waals surface area contributed by atoms with Gasteiger partial charge in [0.25, 0.3) is 5.91 Å². The lowest BCUT2D eigenvalue weighted by Crippen LogP contribution is -2.24. The minimum absolute atomic E-state index is 0.223. The number of rotatable bonds is 5. The smallest absolute Gasteiger partial charge is 0.308 e. The van der Waals surface area contributed by atoms with Crippen LogP contribution in [0.1, 0.15) is 27.3 Å². The molecule has 2 aromatic rings. The molecule has 0 bridgehead atoms. The molecule has 23 heavy (non-hydrogen) atoms. The maximum Gasteiger partial charge on any atom is 0.308 e. The third-order valence-corrected chi connectivity index (χ3v) is 5.02. The number of thiazole rings is 1. The van der Waals surface area contributed by atoms with Crippen LogP contribution >= 0.6 is 34.5 Å². The zero-order valence-corrected chi connectivity index (χ0v) is 14.6. The predicted octanol–water partition coefficient (Wildman–Crippen LogP) is 3.22. The SMILES string of the molecule is Cc1c(C(=O)NCCC#N)sc(=O)n1Cc1ccc(Cl)c(Cl)c1. The molecule has 5 nitrogen and oxygen atoms in total. The van der Waals surface area contributed by atoms with Crippen molar-refractivity contribution >= 4 is 40.4 Å². The number of benzene rings is 1. The van der Waals surface area contributed by atoms with Gasteiger partial charge in [0, 0.05) is 12.2 Å². The van der Waals surface area contributed by atoms with Crippen molar-refractivity contribution in [1.29, 1.82) is 5.26 Å². The third-order valence-electron chi connectivity index (χ3n) is 3.20. The highest BCUT2D eigenvalue weighted by molar-refractivity contribution is 7.11. The van der Waals surface area contributed by atoms with Crippen LogP contribution in [0.4, 0.5) is 0 Å². The molecule has 0 unspecified atom stereocenters. The summed E-state index contributed by atoms with van der Waals surface area (Å²) in [6.07, 6.45) is 0.226. The van der Waals surface area contributed by atoms with Crippen molar-refractivity contribution in [3.05, 3.63) is 54.0 Å². The Kier molecular flexibility index (Phi) is 5.83. The van der Waals surface area contributed by atoms with E-state index in [2.05, 4.69) is 5.32 Å². The summed E-state index contributed by atoms with van der Waals surface area (Å²) < 4.78 is 1.52. The minimum atomic E-state index is -0.340. The molecule has 0 fully saturated rings. The molecule has 0 atom stereocenters. The highest BCUT2D eigenvalue weighted by Gasteiger charge is 2.17. The van der Waals surface area contributed by atoms with E-state index in [1.54, 1.807) is 25.1 Å². The first kappa shape index (κ1) is 17.5. The molecule has 2 rings (SSSR count). The van der Waals surface area contributed by atoms with Crippen molar-refractivity contribution in [2.45, 2.75) is 19.9 Å². The van der Waals surface area contributed by atoms with Gasteiger partial charge in [0.1, 0.15) is 4.88 Å². The summed E-state index contributed by atoms with van der Waals surface area (Å²) in [5.41, 5.74) is 1.40. The predicted molar refractivity (Wildman–Crippen MR) is 91.4 cm³/mol. The molecule has 0 saturated carbocycles. The van der Waals surface area contributed by atoms with Gasteiger partial charge in [-0.15, -0.1) is 0 Å². The number of carbonyl (C=O) groups is 1. The van der Waals surface area contributed by atoms with Crippen molar-refractivity contribution in [2.24, 2.45) is 0 Å². The van der Waals surface area contributed by atoms with Gasteiger partial charge < -0.3 is 5.32 Å². The molecule has 0 spiro atoms. The first-order valence-corrected chi connectivity index (χ1v) is 8.30. The topological polar surface area (TPSA) is 74.9 Å². The van der Waals surface area contributed by atoms with E-state index in [1.165, 1.54) is 4.57 Å². The summed E-state index contributed by atoms with van der Waals surface area (Å²) in [7, 11) is 0. The second-order valence-corrected chi connectivity index (χ2v) is 6.56. The van der Waals surface area contributed by atoms with E-state index >= 15 is 0 Å². The van der Waals surface area contributed by atoms with Gasteiger partial charge in [-0.1, -0.05) is 40.6 Å². The molecule has 0 aliphatic rings. The number of hydrogen-bond acceptors (Lipinski definition) is 4. The lowest BCUT2D eigenvalue weighted by atomic mass is 10.2. The van der Waals surface area contributed by atoms with Gasteiger partial charge in [0.2, 0.25) is 0 Å². The fraction of sp³-hybridized carbons (Fsp3) is 0.267. The van der Waals surface area contributed by atoms with Crippen molar-refractivity contribution in [3.63, 3.8) is 0 Å². The van der Waals surface area contributed by atoms with Crippen molar-refractivity contribution in [2.75, 3.05) is 6.54 Å². The van der Waals surface area contributed by atoms with Crippen molar-refractivity contribution < 1.29 is 4.79 Å². The Labute approximate surface area is 147 Å². The van der Waals surface area contributed by atoms with Gasteiger partial charge in [0.05, 0.1) is 29.1 Å². The molecule has 0 aliphatic carbocycles. The number of nitrogens with zero attached hydrogens (tertiary/aromatic N) is 2. The number of halogens is 2. The summed E-state index contributed by atoms with van der Waals surface area (Å²) in [6, 6.07) is 7.09. The van der Waals surface area contributed by atoms with E-state index in [1.807, 2.05) is 6.07 Å². The lowest BCUT2D eigenvalue weighted by Gasteiger charge is -2.07. The van der Waals surface area contributed by atoms with Crippen LogP contribution < -0.4 is 10.2 Å². The maximum atomic E-state index is 12.1. The Morgan fingerprint density at radius 1 is 1.39 bits per heavy atom. The van der Waals surface area contributed by atoms with Crippen LogP contribution in [0.25, 0.3) is 0 Å². The van der Waals surface area contributed by atoms with E-state index in [-0.39, 0.29) is 23.7 Å². The fourth-order valence-corrected chi connectivity index (χ4v) is 3.23. The summed E-state index contributed by atoms with van der Waals surface area (Å²) in [6.45, 7) is 2.28. The van der Waals surface area contributed by atoms with Gasteiger partial charge in [-0.2, -0.15) is 5.26 Å². The molecular formula is C15H13Cl2N3O2S. The molecule has 120 valence electrons. The van der Waals surface area contributed by atoms with Gasteiger partial charge in [-0.25, -0.2) is 0 Å². The Bertz CT molecular complexity index is 836. The van der Waals surface area contributed by atoms with E-state index < -0.39 is 0 Å². The Balaban J connectivity index is 2.24. The Morgan fingerprint density at radius 2 is 2.13 bits per heavy atom. The second-order valence-electron chi connectivity index (χ2n) is 4.78. The largest absolute Gasteiger partial charge is 0.350 e. The molecule has 0 aliphatic heterocycles. The number of carbonyl (C=O) groups excluding carboxylic acids is 1. The second kappa shape index (κ2) is 7.64. The molecule has 1 aromatic heterocycles. The van der Waals surface area contributed by atoms with Crippen LogP contribution in [0.5, 0.6) is 0 Å². The third kappa shape index (κ3) is 4.14. The number of nitriles is 1. The minimum Gasteiger partial charge on any atom is -0.350 e. The van der Waals surface area contributed by atoms with Crippen LogP contribution in [0.2, 0.25) is 10.0 Å².